The molecule has 0 heterocycles. The first-order chi connectivity index (χ1) is 29.1. The van der Waals surface area contributed by atoms with Crippen molar-refractivity contribution < 1.29 is 28.9 Å². The van der Waals surface area contributed by atoms with Gasteiger partial charge >= 0.3 is 11.9 Å². The number of aliphatic hydroxyl groups is 1. The van der Waals surface area contributed by atoms with Gasteiger partial charge in [0.1, 0.15) is 0 Å². The van der Waals surface area contributed by atoms with E-state index >= 15 is 0 Å². The number of esters is 2. The lowest BCUT2D eigenvalue weighted by Gasteiger charge is -2.28. The van der Waals surface area contributed by atoms with E-state index < -0.39 is 0 Å². The van der Waals surface area contributed by atoms with Crippen LogP contribution in [-0.2, 0) is 23.8 Å². The number of likely N-dealkylation sites (N-methyl/N-ethyl adjacent to an activating group) is 1. The van der Waals surface area contributed by atoms with Crippen molar-refractivity contribution in [3.05, 3.63) is 0 Å². The zero-order valence-electron chi connectivity index (χ0n) is 39.2. The smallest absolute Gasteiger partial charge is 0.305 e. The third-order valence-electron chi connectivity index (χ3n) is 13.8. The maximum atomic E-state index is 12.7. The summed E-state index contributed by atoms with van der Waals surface area (Å²) < 4.78 is 17.0. The minimum Gasteiger partial charge on any atom is -0.466 e. The number of hydrogen-bond donors (Lipinski definition) is 1. The van der Waals surface area contributed by atoms with Crippen molar-refractivity contribution in [1.29, 1.82) is 0 Å². The molecule has 7 nitrogen and oxygen atoms in total. The van der Waals surface area contributed by atoms with Gasteiger partial charge in [-0.25, -0.2) is 0 Å². The monoisotopic (exact) mass is 834 g/mol. The molecule has 0 bridgehead atoms. The lowest BCUT2D eigenvalue weighted by atomic mass is 9.90. The van der Waals surface area contributed by atoms with Gasteiger partial charge in [0, 0.05) is 25.4 Å². The van der Waals surface area contributed by atoms with Gasteiger partial charge in [-0.1, -0.05) is 205 Å². The second kappa shape index (κ2) is 40.9. The Kier molecular flexibility index (Phi) is 37.4. The van der Waals surface area contributed by atoms with E-state index in [-0.39, 0.29) is 18.5 Å². The van der Waals surface area contributed by atoms with Crippen molar-refractivity contribution in [2.45, 2.75) is 263 Å². The van der Waals surface area contributed by atoms with Crippen LogP contribution < -0.4 is 0 Å². The summed E-state index contributed by atoms with van der Waals surface area (Å²) in [6.07, 6.45) is 49.9. The highest BCUT2D eigenvalue weighted by molar-refractivity contribution is 5.69. The van der Waals surface area contributed by atoms with Gasteiger partial charge in [0.05, 0.1) is 33.0 Å². The van der Waals surface area contributed by atoms with Crippen LogP contribution in [0.15, 0.2) is 0 Å². The number of ether oxygens (including phenoxy) is 3. The molecule has 0 aromatic rings. The Bertz CT molecular complexity index is 835. The summed E-state index contributed by atoms with van der Waals surface area (Å²) in [5, 5.41) is 9.11. The summed E-state index contributed by atoms with van der Waals surface area (Å²) >= 11 is 0. The number of aliphatic hydroxyl groups excluding tert-OH is 1. The van der Waals surface area contributed by atoms with Crippen LogP contribution in [0.5, 0.6) is 0 Å². The Morgan fingerprint density at radius 3 is 1.15 bits per heavy atom. The standard InChI is InChI=1S/C52H99NO6/c1-53(42-46-57-47-43-54)50(36-28-22-30-44-58-51(55)40-38-48-32-24-18-14-10-6-2-3-7-11-15-19-25-33-48)37-29-23-31-45-59-52(56)41-39-49-34-26-20-16-12-8-4-5-9-13-17-21-27-35-49/h48-50,54H,2-47H2,1H3. The lowest BCUT2D eigenvalue weighted by molar-refractivity contribution is -0.145. The van der Waals surface area contributed by atoms with Gasteiger partial charge < -0.3 is 24.2 Å². The number of unbranched alkanes of at least 4 members (excludes halogenated alkanes) is 4. The molecule has 1 N–H and O–H groups in total. The number of nitrogens with zero attached hydrogens (tertiary/aromatic N) is 1. The maximum absolute atomic E-state index is 12.7. The molecular formula is C52H99NO6. The van der Waals surface area contributed by atoms with Crippen molar-refractivity contribution in [3.63, 3.8) is 0 Å². The van der Waals surface area contributed by atoms with Crippen LogP contribution in [0, 0.1) is 11.8 Å². The van der Waals surface area contributed by atoms with Crippen LogP contribution >= 0.6 is 0 Å². The molecule has 2 aliphatic rings. The zero-order valence-corrected chi connectivity index (χ0v) is 39.2. The van der Waals surface area contributed by atoms with Crippen molar-refractivity contribution in [2.24, 2.45) is 11.8 Å². The van der Waals surface area contributed by atoms with Crippen molar-refractivity contribution in [2.75, 3.05) is 46.6 Å². The number of rotatable bonds is 24. The van der Waals surface area contributed by atoms with Crippen molar-refractivity contribution >= 4 is 11.9 Å². The molecule has 0 aromatic carbocycles. The van der Waals surface area contributed by atoms with Gasteiger partial charge in [-0.05, 0) is 57.4 Å². The van der Waals surface area contributed by atoms with Crippen LogP contribution in [0.4, 0.5) is 0 Å². The van der Waals surface area contributed by atoms with E-state index in [1.54, 1.807) is 0 Å². The van der Waals surface area contributed by atoms with Crippen LogP contribution in [0.2, 0.25) is 0 Å². The van der Waals surface area contributed by atoms with Gasteiger partial charge in [0.25, 0.3) is 0 Å². The third kappa shape index (κ3) is 34.0. The SMILES string of the molecule is CN(CCOCCO)C(CCCCCOC(=O)CCC1CCCCCCCCCCCCCC1)CCCCCOC(=O)CCC1CCCCCCCCCCCCCC1. The van der Waals surface area contributed by atoms with E-state index in [0.29, 0.717) is 57.1 Å². The molecule has 2 saturated carbocycles. The maximum Gasteiger partial charge on any atom is 0.305 e. The van der Waals surface area contributed by atoms with E-state index in [1.165, 1.54) is 180 Å². The molecule has 0 atom stereocenters. The highest BCUT2D eigenvalue weighted by Crippen LogP contribution is 2.26. The molecule has 2 aliphatic carbocycles. The second-order valence-electron chi connectivity index (χ2n) is 19.1. The fraction of sp³-hybridized carbons (Fsp3) is 0.962. The Hall–Kier alpha value is -1.18. The molecule has 0 aliphatic heterocycles. The quantitative estimate of drug-likeness (QED) is 0.0766. The molecule has 0 saturated heterocycles. The molecule has 0 radical (unpaired) electrons. The molecule has 0 unspecified atom stereocenters. The van der Waals surface area contributed by atoms with Crippen LogP contribution in [0.1, 0.15) is 257 Å². The Balaban J connectivity index is 1.62. The number of hydrogen-bond acceptors (Lipinski definition) is 7. The largest absolute Gasteiger partial charge is 0.466 e. The fourth-order valence-corrected chi connectivity index (χ4v) is 9.75. The average Bonchev–Trinajstić information content (AvgIpc) is 3.26. The van der Waals surface area contributed by atoms with Crippen LogP contribution in [0.25, 0.3) is 0 Å². The fourth-order valence-electron chi connectivity index (χ4n) is 9.75. The molecule has 59 heavy (non-hydrogen) atoms. The normalized spacial score (nSPS) is 19.1. The summed E-state index contributed by atoms with van der Waals surface area (Å²) in [5.74, 6) is 1.36. The summed E-state index contributed by atoms with van der Waals surface area (Å²) in [5.41, 5.74) is 0. The first kappa shape index (κ1) is 54.0. The summed E-state index contributed by atoms with van der Waals surface area (Å²) in [6.45, 7) is 3.00. The number of carbonyl (C=O) groups is 2. The predicted molar refractivity (Wildman–Crippen MR) is 248 cm³/mol. The van der Waals surface area contributed by atoms with E-state index in [2.05, 4.69) is 11.9 Å². The zero-order chi connectivity index (χ0) is 42.1. The molecule has 0 aromatic heterocycles. The van der Waals surface area contributed by atoms with E-state index in [0.717, 1.165) is 70.8 Å². The molecular weight excluding hydrogens is 735 g/mol. The van der Waals surface area contributed by atoms with Gasteiger partial charge in [-0.3, -0.25) is 9.59 Å². The van der Waals surface area contributed by atoms with Crippen LogP contribution in [0.3, 0.4) is 0 Å². The second-order valence-corrected chi connectivity index (χ2v) is 19.1. The minimum atomic E-state index is -0.000634. The Morgan fingerprint density at radius 1 is 0.475 bits per heavy atom. The van der Waals surface area contributed by atoms with Crippen molar-refractivity contribution in [1.82, 2.24) is 4.90 Å². The van der Waals surface area contributed by atoms with Gasteiger partial charge in [0.15, 0.2) is 0 Å². The molecule has 0 amide bonds. The lowest BCUT2D eigenvalue weighted by Crippen LogP contribution is -2.34. The molecule has 7 heteroatoms. The van der Waals surface area contributed by atoms with Gasteiger partial charge in [0.2, 0.25) is 0 Å². The molecule has 2 fully saturated rings. The first-order valence-corrected chi connectivity index (χ1v) is 26.3. The highest BCUT2D eigenvalue weighted by atomic mass is 16.5. The summed E-state index contributed by atoms with van der Waals surface area (Å²) in [4.78, 5) is 27.8. The highest BCUT2D eigenvalue weighted by Gasteiger charge is 2.17. The van der Waals surface area contributed by atoms with Crippen molar-refractivity contribution in [3.8, 4) is 0 Å². The van der Waals surface area contributed by atoms with Gasteiger partial charge in [-0.2, -0.15) is 0 Å². The number of carbonyl (C=O) groups excluding carboxylic acids is 2. The Labute approximate surface area is 366 Å². The summed E-state index contributed by atoms with van der Waals surface area (Å²) in [6, 6.07) is 0.464. The van der Waals surface area contributed by atoms with E-state index in [4.69, 9.17) is 19.3 Å². The van der Waals surface area contributed by atoms with E-state index in [1.807, 2.05) is 0 Å². The average molecular weight is 834 g/mol. The third-order valence-corrected chi connectivity index (χ3v) is 13.8. The molecule has 2 rings (SSSR count). The first-order valence-electron chi connectivity index (χ1n) is 26.3. The van der Waals surface area contributed by atoms with Gasteiger partial charge in [-0.15, -0.1) is 0 Å². The molecule has 0 spiro atoms. The topological polar surface area (TPSA) is 85.3 Å². The minimum absolute atomic E-state index is 0.000634. The van der Waals surface area contributed by atoms with E-state index in [9.17, 15) is 9.59 Å². The Morgan fingerprint density at radius 2 is 0.814 bits per heavy atom. The predicted octanol–water partition coefficient (Wildman–Crippen LogP) is 14.2. The molecule has 348 valence electrons. The summed E-state index contributed by atoms with van der Waals surface area (Å²) in [7, 11) is 2.19. The van der Waals surface area contributed by atoms with Crippen LogP contribution in [-0.4, -0.2) is 74.6 Å².